The van der Waals surface area contributed by atoms with E-state index in [0.717, 1.165) is 4.90 Å². The van der Waals surface area contributed by atoms with Crippen LogP contribution in [0.2, 0.25) is 0 Å². The maximum Gasteiger partial charge on any atom is 0.325 e. The number of anilines is 1. The van der Waals surface area contributed by atoms with Crippen molar-refractivity contribution in [3.63, 3.8) is 0 Å². The standard InChI is InChI=1S/C18H26N4O5S/c1-4-8-18(9-5-2)16(24)22(17(25)21-18)11-15(23)20-13-7-6-12(3)14(10-13)28(19,26)27/h6-7,10H,4-5,8-9,11H2,1-3H3,(H,20,23)(H,21,25)(H2,19,26,27). The summed E-state index contributed by atoms with van der Waals surface area (Å²) in [6, 6.07) is 3.67. The van der Waals surface area contributed by atoms with Gasteiger partial charge in [0.1, 0.15) is 12.1 Å². The van der Waals surface area contributed by atoms with Crippen molar-refractivity contribution >= 4 is 33.6 Å². The number of amides is 4. The Morgan fingerprint density at radius 2 is 1.82 bits per heavy atom. The SMILES string of the molecule is CCCC1(CCC)NC(=O)N(CC(=O)Nc2ccc(C)c(S(N)(=O)=O)c2)C1=O. The van der Waals surface area contributed by atoms with Gasteiger partial charge in [-0.1, -0.05) is 32.8 Å². The minimum absolute atomic E-state index is 0.106. The highest BCUT2D eigenvalue weighted by molar-refractivity contribution is 7.89. The third-order valence-corrected chi connectivity index (χ3v) is 5.73. The van der Waals surface area contributed by atoms with E-state index in [1.165, 1.54) is 18.2 Å². The number of nitrogens with two attached hydrogens (primary N) is 1. The molecule has 0 aliphatic carbocycles. The average Bonchev–Trinajstić information content (AvgIpc) is 2.81. The highest BCUT2D eigenvalue weighted by Gasteiger charge is 2.50. The van der Waals surface area contributed by atoms with Crippen LogP contribution < -0.4 is 15.8 Å². The molecule has 0 spiro atoms. The molecule has 1 aromatic rings. The van der Waals surface area contributed by atoms with E-state index in [-0.39, 0.29) is 10.6 Å². The molecule has 0 bridgehead atoms. The molecule has 28 heavy (non-hydrogen) atoms. The van der Waals surface area contributed by atoms with E-state index in [0.29, 0.717) is 31.2 Å². The summed E-state index contributed by atoms with van der Waals surface area (Å²) in [5.74, 6) is -1.03. The molecular formula is C18H26N4O5S. The van der Waals surface area contributed by atoms with Crippen LogP contribution in [0.3, 0.4) is 0 Å². The second-order valence-electron chi connectivity index (χ2n) is 6.98. The first-order chi connectivity index (χ1) is 13.0. The van der Waals surface area contributed by atoms with Crippen LogP contribution in [-0.2, 0) is 19.6 Å². The Morgan fingerprint density at radius 1 is 1.21 bits per heavy atom. The lowest BCUT2D eigenvalue weighted by atomic mass is 9.88. The Morgan fingerprint density at radius 3 is 2.36 bits per heavy atom. The van der Waals surface area contributed by atoms with E-state index >= 15 is 0 Å². The second-order valence-corrected chi connectivity index (χ2v) is 8.51. The number of hydrogen-bond acceptors (Lipinski definition) is 5. The van der Waals surface area contributed by atoms with Gasteiger partial charge in [0, 0.05) is 5.69 Å². The molecule has 4 amide bonds. The highest BCUT2D eigenvalue weighted by atomic mass is 32.2. The first-order valence-electron chi connectivity index (χ1n) is 9.11. The van der Waals surface area contributed by atoms with Gasteiger partial charge in [-0.25, -0.2) is 18.4 Å². The fraction of sp³-hybridized carbons (Fsp3) is 0.500. The van der Waals surface area contributed by atoms with E-state index in [2.05, 4.69) is 10.6 Å². The zero-order chi connectivity index (χ0) is 21.1. The number of carbonyl (C=O) groups excluding carboxylic acids is 3. The van der Waals surface area contributed by atoms with E-state index in [1.807, 2.05) is 13.8 Å². The first-order valence-corrected chi connectivity index (χ1v) is 10.7. The lowest BCUT2D eigenvalue weighted by Crippen LogP contribution is -2.47. The average molecular weight is 410 g/mol. The molecule has 0 radical (unpaired) electrons. The van der Waals surface area contributed by atoms with Crippen LogP contribution in [0.15, 0.2) is 23.1 Å². The van der Waals surface area contributed by atoms with Gasteiger partial charge >= 0.3 is 6.03 Å². The molecule has 1 aromatic carbocycles. The normalized spacial score (nSPS) is 16.2. The summed E-state index contributed by atoms with van der Waals surface area (Å²) in [7, 11) is -3.94. The molecule has 1 fully saturated rings. The van der Waals surface area contributed by atoms with Crippen molar-refractivity contribution in [1.29, 1.82) is 0 Å². The van der Waals surface area contributed by atoms with Crippen molar-refractivity contribution in [3.8, 4) is 0 Å². The maximum atomic E-state index is 12.8. The van der Waals surface area contributed by atoms with Crippen LogP contribution in [0.25, 0.3) is 0 Å². The summed E-state index contributed by atoms with van der Waals surface area (Å²) in [5.41, 5.74) is -0.315. The van der Waals surface area contributed by atoms with Crippen LogP contribution >= 0.6 is 0 Å². The summed E-state index contributed by atoms with van der Waals surface area (Å²) < 4.78 is 23.2. The molecule has 154 valence electrons. The Hall–Kier alpha value is -2.46. The molecule has 0 aromatic heterocycles. The zero-order valence-electron chi connectivity index (χ0n) is 16.2. The number of imide groups is 1. The number of primary sulfonamides is 1. The summed E-state index contributed by atoms with van der Waals surface area (Å²) in [6.07, 6.45) is 2.43. The van der Waals surface area contributed by atoms with Crippen molar-refractivity contribution < 1.29 is 22.8 Å². The van der Waals surface area contributed by atoms with Crippen LogP contribution in [-0.4, -0.2) is 43.2 Å². The number of sulfonamides is 1. The molecule has 1 aliphatic rings. The molecule has 0 unspecified atom stereocenters. The Kier molecular flexibility index (Phi) is 6.45. The maximum absolute atomic E-state index is 12.8. The van der Waals surface area contributed by atoms with Gasteiger partial charge in [0.25, 0.3) is 5.91 Å². The largest absolute Gasteiger partial charge is 0.325 e. The van der Waals surface area contributed by atoms with Crippen LogP contribution in [0.4, 0.5) is 10.5 Å². The number of rotatable bonds is 8. The van der Waals surface area contributed by atoms with Crippen molar-refractivity contribution in [3.05, 3.63) is 23.8 Å². The zero-order valence-corrected chi connectivity index (χ0v) is 17.1. The lowest BCUT2D eigenvalue weighted by Gasteiger charge is -2.25. The molecule has 0 atom stereocenters. The van der Waals surface area contributed by atoms with Gasteiger partial charge in [0.15, 0.2) is 0 Å². The van der Waals surface area contributed by atoms with E-state index < -0.39 is 40.0 Å². The third kappa shape index (κ3) is 4.50. The summed E-state index contributed by atoms with van der Waals surface area (Å²) in [4.78, 5) is 38.2. The summed E-state index contributed by atoms with van der Waals surface area (Å²) in [6.45, 7) is 4.97. The number of benzene rings is 1. The summed E-state index contributed by atoms with van der Waals surface area (Å²) >= 11 is 0. The molecule has 9 nitrogen and oxygen atoms in total. The smallest absolute Gasteiger partial charge is 0.324 e. The lowest BCUT2D eigenvalue weighted by molar-refractivity contribution is -0.134. The van der Waals surface area contributed by atoms with Gasteiger partial charge in [-0.2, -0.15) is 0 Å². The van der Waals surface area contributed by atoms with Crippen molar-refractivity contribution in [2.45, 2.75) is 56.9 Å². The molecule has 4 N–H and O–H groups in total. The molecular weight excluding hydrogens is 384 g/mol. The van der Waals surface area contributed by atoms with Gasteiger partial charge in [-0.3, -0.25) is 14.5 Å². The number of carbonyl (C=O) groups is 3. The highest BCUT2D eigenvalue weighted by Crippen LogP contribution is 2.28. The van der Waals surface area contributed by atoms with Crippen molar-refractivity contribution in [2.24, 2.45) is 5.14 Å². The monoisotopic (exact) mass is 410 g/mol. The van der Waals surface area contributed by atoms with Gasteiger partial charge in [0.05, 0.1) is 4.90 Å². The van der Waals surface area contributed by atoms with Gasteiger partial charge in [-0.05, 0) is 37.5 Å². The number of urea groups is 1. The minimum atomic E-state index is -3.94. The van der Waals surface area contributed by atoms with Gasteiger partial charge in [-0.15, -0.1) is 0 Å². The van der Waals surface area contributed by atoms with Crippen molar-refractivity contribution in [1.82, 2.24) is 10.2 Å². The molecule has 0 saturated carbocycles. The van der Waals surface area contributed by atoms with E-state index in [9.17, 15) is 22.8 Å². The van der Waals surface area contributed by atoms with Crippen LogP contribution in [0.5, 0.6) is 0 Å². The molecule has 1 saturated heterocycles. The summed E-state index contributed by atoms with van der Waals surface area (Å²) in [5, 5.41) is 10.4. The van der Waals surface area contributed by atoms with Gasteiger partial charge < -0.3 is 10.6 Å². The molecule has 10 heteroatoms. The Labute approximate surface area is 164 Å². The molecule has 1 aliphatic heterocycles. The second kappa shape index (κ2) is 8.27. The predicted octanol–water partition coefficient (Wildman–Crippen LogP) is 1.47. The first kappa shape index (κ1) is 21.8. The fourth-order valence-electron chi connectivity index (χ4n) is 3.47. The molecule has 1 heterocycles. The predicted molar refractivity (Wildman–Crippen MR) is 104 cm³/mol. The van der Waals surface area contributed by atoms with E-state index in [4.69, 9.17) is 5.14 Å². The van der Waals surface area contributed by atoms with Crippen LogP contribution in [0.1, 0.15) is 45.1 Å². The quantitative estimate of drug-likeness (QED) is 0.557. The van der Waals surface area contributed by atoms with Crippen molar-refractivity contribution in [2.75, 3.05) is 11.9 Å². The minimum Gasteiger partial charge on any atom is -0.324 e. The van der Waals surface area contributed by atoms with Crippen LogP contribution in [0, 0.1) is 6.92 Å². The number of nitrogens with one attached hydrogen (secondary N) is 2. The number of hydrogen-bond donors (Lipinski definition) is 3. The Bertz CT molecular complexity index is 891. The van der Waals surface area contributed by atoms with E-state index in [1.54, 1.807) is 6.92 Å². The molecule has 2 rings (SSSR count). The topological polar surface area (TPSA) is 139 Å². The third-order valence-electron chi connectivity index (χ3n) is 4.68. The fourth-order valence-corrected chi connectivity index (χ4v) is 4.27. The number of nitrogens with zero attached hydrogens (tertiary/aromatic N) is 1. The van der Waals surface area contributed by atoms with Gasteiger partial charge in [0.2, 0.25) is 15.9 Å². The Balaban J connectivity index is 2.15. The number of aryl methyl sites for hydroxylation is 1.